The number of nitrogens with zero attached hydrogens (tertiary/aromatic N) is 2. The predicted octanol–water partition coefficient (Wildman–Crippen LogP) is 3.14. The van der Waals surface area contributed by atoms with Crippen molar-refractivity contribution in [2.75, 3.05) is 31.6 Å². The summed E-state index contributed by atoms with van der Waals surface area (Å²) < 4.78 is 5.74. The molecule has 0 aromatic heterocycles. The Labute approximate surface area is 123 Å². The zero-order chi connectivity index (χ0) is 14.5. The predicted molar refractivity (Wildman–Crippen MR) is 85.3 cm³/mol. The van der Waals surface area contributed by atoms with E-state index < -0.39 is 0 Å². The standard InChI is InChI=1S/C17H28N2O/c1-5-16-13-18(4)17-9-7-6-8-15(17)12-19(16)10-11-20-14(2)3/h6-9,14,16H,5,10-13H2,1-4H3. The molecule has 0 fully saturated rings. The summed E-state index contributed by atoms with van der Waals surface area (Å²) in [5.74, 6) is 0. The number of benzene rings is 1. The molecule has 0 saturated carbocycles. The van der Waals surface area contributed by atoms with E-state index in [1.807, 2.05) is 0 Å². The van der Waals surface area contributed by atoms with Crippen molar-refractivity contribution in [3.05, 3.63) is 29.8 Å². The van der Waals surface area contributed by atoms with Crippen LogP contribution in [0.4, 0.5) is 5.69 Å². The van der Waals surface area contributed by atoms with Crippen molar-refractivity contribution >= 4 is 5.69 Å². The maximum Gasteiger partial charge on any atom is 0.0597 e. The molecule has 112 valence electrons. The number of fused-ring (bicyclic) bond motifs is 1. The van der Waals surface area contributed by atoms with Crippen LogP contribution in [0.5, 0.6) is 0 Å². The number of rotatable bonds is 5. The van der Waals surface area contributed by atoms with Crippen molar-refractivity contribution in [1.29, 1.82) is 0 Å². The van der Waals surface area contributed by atoms with Gasteiger partial charge in [0, 0.05) is 38.4 Å². The lowest BCUT2D eigenvalue weighted by atomic mass is 10.1. The quantitative estimate of drug-likeness (QED) is 0.821. The average Bonchev–Trinajstić information content (AvgIpc) is 2.56. The van der Waals surface area contributed by atoms with Gasteiger partial charge in [0.15, 0.2) is 0 Å². The van der Waals surface area contributed by atoms with Crippen LogP contribution in [0.1, 0.15) is 32.8 Å². The van der Waals surface area contributed by atoms with Crippen molar-refractivity contribution in [1.82, 2.24) is 4.90 Å². The molecule has 2 rings (SSSR count). The van der Waals surface area contributed by atoms with Gasteiger partial charge < -0.3 is 9.64 Å². The van der Waals surface area contributed by atoms with Crippen LogP contribution in [-0.4, -0.2) is 43.8 Å². The fourth-order valence-electron chi connectivity index (χ4n) is 2.95. The Kier molecular flexibility index (Phi) is 5.44. The highest BCUT2D eigenvalue weighted by Crippen LogP contribution is 2.26. The topological polar surface area (TPSA) is 15.7 Å². The Morgan fingerprint density at radius 1 is 1.30 bits per heavy atom. The molecule has 1 aromatic carbocycles. The molecule has 1 aromatic rings. The minimum atomic E-state index is 0.317. The first-order valence-electron chi connectivity index (χ1n) is 7.76. The normalized spacial score (nSPS) is 20.1. The highest BCUT2D eigenvalue weighted by atomic mass is 16.5. The summed E-state index contributed by atoms with van der Waals surface area (Å²) in [6.45, 7) is 10.4. The molecule has 0 aliphatic carbocycles. The van der Waals surface area contributed by atoms with Gasteiger partial charge in [0.2, 0.25) is 0 Å². The van der Waals surface area contributed by atoms with Crippen molar-refractivity contribution in [3.8, 4) is 0 Å². The van der Waals surface area contributed by atoms with Crippen molar-refractivity contribution in [3.63, 3.8) is 0 Å². The highest BCUT2D eigenvalue weighted by Gasteiger charge is 2.24. The zero-order valence-corrected chi connectivity index (χ0v) is 13.3. The molecule has 3 nitrogen and oxygen atoms in total. The second-order valence-electron chi connectivity index (χ2n) is 5.96. The van der Waals surface area contributed by atoms with Crippen molar-refractivity contribution in [2.45, 2.75) is 45.9 Å². The number of hydrogen-bond donors (Lipinski definition) is 0. The third-order valence-electron chi connectivity index (χ3n) is 4.08. The first-order chi connectivity index (χ1) is 9.61. The van der Waals surface area contributed by atoms with Crippen LogP contribution >= 0.6 is 0 Å². The van der Waals surface area contributed by atoms with Gasteiger partial charge in [0.1, 0.15) is 0 Å². The van der Waals surface area contributed by atoms with Gasteiger partial charge in [-0.25, -0.2) is 0 Å². The number of likely N-dealkylation sites (N-methyl/N-ethyl adjacent to an activating group) is 1. The van der Waals surface area contributed by atoms with E-state index >= 15 is 0 Å². The van der Waals surface area contributed by atoms with E-state index in [1.54, 1.807) is 0 Å². The molecule has 3 heteroatoms. The first kappa shape index (κ1) is 15.3. The molecule has 1 unspecified atom stereocenters. The van der Waals surface area contributed by atoms with Gasteiger partial charge in [0.05, 0.1) is 12.7 Å². The maximum absolute atomic E-state index is 5.74. The summed E-state index contributed by atoms with van der Waals surface area (Å²) in [6, 6.07) is 9.36. The molecule has 1 heterocycles. The third kappa shape index (κ3) is 3.74. The Bertz CT molecular complexity index is 419. The molecule has 0 radical (unpaired) electrons. The van der Waals surface area contributed by atoms with Gasteiger partial charge in [-0.2, -0.15) is 0 Å². The Morgan fingerprint density at radius 2 is 2.05 bits per heavy atom. The molecule has 0 spiro atoms. The van der Waals surface area contributed by atoms with Crippen LogP contribution in [0, 0.1) is 0 Å². The van der Waals surface area contributed by atoms with Crippen LogP contribution < -0.4 is 4.90 Å². The Morgan fingerprint density at radius 3 is 2.75 bits per heavy atom. The highest BCUT2D eigenvalue weighted by molar-refractivity contribution is 5.53. The molecule has 0 saturated heterocycles. The van der Waals surface area contributed by atoms with Crippen molar-refractivity contribution < 1.29 is 4.74 Å². The summed E-state index contributed by atoms with van der Waals surface area (Å²) in [4.78, 5) is 4.97. The fourth-order valence-corrected chi connectivity index (χ4v) is 2.95. The minimum absolute atomic E-state index is 0.317. The van der Waals surface area contributed by atoms with Gasteiger partial charge in [0.25, 0.3) is 0 Å². The van der Waals surface area contributed by atoms with Crippen LogP contribution in [-0.2, 0) is 11.3 Å². The lowest BCUT2D eigenvalue weighted by Crippen LogP contribution is -2.41. The SMILES string of the molecule is CCC1CN(C)c2ccccc2CN1CCOC(C)C. The number of para-hydroxylation sites is 1. The molecule has 0 bridgehead atoms. The molecule has 1 aliphatic rings. The summed E-state index contributed by atoms with van der Waals surface area (Å²) in [6.07, 6.45) is 1.50. The largest absolute Gasteiger partial charge is 0.377 e. The second-order valence-corrected chi connectivity index (χ2v) is 5.96. The van der Waals surface area contributed by atoms with Gasteiger partial charge in [-0.05, 0) is 31.9 Å². The van der Waals surface area contributed by atoms with E-state index in [-0.39, 0.29) is 0 Å². The van der Waals surface area contributed by atoms with E-state index in [1.165, 1.54) is 17.7 Å². The smallest absolute Gasteiger partial charge is 0.0597 e. The van der Waals surface area contributed by atoms with Crippen molar-refractivity contribution in [2.24, 2.45) is 0 Å². The second kappa shape index (κ2) is 7.09. The van der Waals surface area contributed by atoms with Crippen LogP contribution in [0.15, 0.2) is 24.3 Å². The van der Waals surface area contributed by atoms with Gasteiger partial charge >= 0.3 is 0 Å². The third-order valence-corrected chi connectivity index (χ3v) is 4.08. The molecule has 20 heavy (non-hydrogen) atoms. The molecule has 1 atom stereocenters. The molecule has 1 aliphatic heterocycles. The van der Waals surface area contributed by atoms with E-state index in [4.69, 9.17) is 4.74 Å². The fraction of sp³-hybridized carbons (Fsp3) is 0.647. The van der Waals surface area contributed by atoms with E-state index in [0.717, 1.165) is 26.2 Å². The zero-order valence-electron chi connectivity index (χ0n) is 13.3. The summed E-state index contributed by atoms with van der Waals surface area (Å²) in [5.41, 5.74) is 2.80. The van der Waals surface area contributed by atoms with Gasteiger partial charge in [-0.1, -0.05) is 25.1 Å². The Balaban J connectivity index is 2.10. The van der Waals surface area contributed by atoms with Gasteiger partial charge in [-0.3, -0.25) is 4.90 Å². The first-order valence-corrected chi connectivity index (χ1v) is 7.76. The molecular weight excluding hydrogens is 248 g/mol. The Hall–Kier alpha value is -1.06. The summed E-state index contributed by atoms with van der Waals surface area (Å²) in [7, 11) is 2.20. The molecule has 0 amide bonds. The monoisotopic (exact) mass is 276 g/mol. The van der Waals surface area contributed by atoms with Crippen LogP contribution in [0.25, 0.3) is 0 Å². The molecular formula is C17H28N2O. The van der Waals surface area contributed by atoms with E-state index in [2.05, 4.69) is 61.9 Å². The van der Waals surface area contributed by atoms with Gasteiger partial charge in [-0.15, -0.1) is 0 Å². The summed E-state index contributed by atoms with van der Waals surface area (Å²) >= 11 is 0. The van der Waals surface area contributed by atoms with E-state index in [9.17, 15) is 0 Å². The van der Waals surface area contributed by atoms with E-state index in [0.29, 0.717) is 12.1 Å². The molecule has 0 N–H and O–H groups in total. The lowest BCUT2D eigenvalue weighted by molar-refractivity contribution is 0.0473. The average molecular weight is 276 g/mol. The number of ether oxygens (including phenoxy) is 1. The van der Waals surface area contributed by atoms with Crippen LogP contribution in [0.2, 0.25) is 0 Å². The summed E-state index contributed by atoms with van der Waals surface area (Å²) in [5, 5.41) is 0. The lowest BCUT2D eigenvalue weighted by Gasteiger charge is -2.30. The number of hydrogen-bond acceptors (Lipinski definition) is 3. The van der Waals surface area contributed by atoms with Crippen LogP contribution in [0.3, 0.4) is 0 Å². The maximum atomic E-state index is 5.74. The minimum Gasteiger partial charge on any atom is -0.377 e. The number of anilines is 1.